The van der Waals surface area contributed by atoms with Crippen LogP contribution in [0.5, 0.6) is 0 Å². The van der Waals surface area contributed by atoms with Gasteiger partial charge in [0.15, 0.2) is 0 Å². The third-order valence-electron chi connectivity index (χ3n) is 2.48. The number of nitrogens with one attached hydrogen (secondary N) is 1. The quantitative estimate of drug-likeness (QED) is 0.886. The SMILES string of the molecule is CCn1cncc1CNc1cc(F)cc(F)c1. The summed E-state index contributed by atoms with van der Waals surface area (Å²) in [6, 6.07) is 3.37. The van der Waals surface area contributed by atoms with Crippen molar-refractivity contribution >= 4 is 5.69 Å². The van der Waals surface area contributed by atoms with E-state index in [-0.39, 0.29) is 0 Å². The lowest BCUT2D eigenvalue weighted by atomic mass is 10.3. The van der Waals surface area contributed by atoms with E-state index in [9.17, 15) is 8.78 Å². The first-order chi connectivity index (χ1) is 8.19. The minimum atomic E-state index is -0.587. The molecule has 3 nitrogen and oxygen atoms in total. The smallest absolute Gasteiger partial charge is 0.128 e. The van der Waals surface area contributed by atoms with Crippen LogP contribution >= 0.6 is 0 Å². The summed E-state index contributed by atoms with van der Waals surface area (Å²) >= 11 is 0. The van der Waals surface area contributed by atoms with Crippen molar-refractivity contribution in [2.45, 2.75) is 20.0 Å². The van der Waals surface area contributed by atoms with Gasteiger partial charge in [0.05, 0.1) is 18.6 Å². The van der Waals surface area contributed by atoms with Crippen molar-refractivity contribution in [1.29, 1.82) is 0 Å². The summed E-state index contributed by atoms with van der Waals surface area (Å²) in [4.78, 5) is 4.02. The van der Waals surface area contributed by atoms with Crippen molar-refractivity contribution < 1.29 is 8.78 Å². The van der Waals surface area contributed by atoms with E-state index in [2.05, 4.69) is 10.3 Å². The van der Waals surface area contributed by atoms with Crippen molar-refractivity contribution in [3.8, 4) is 0 Å². The van der Waals surface area contributed by atoms with Crippen LogP contribution in [0.15, 0.2) is 30.7 Å². The van der Waals surface area contributed by atoms with Crippen LogP contribution < -0.4 is 5.32 Å². The molecule has 0 saturated carbocycles. The van der Waals surface area contributed by atoms with Crippen LogP contribution in [0.25, 0.3) is 0 Å². The molecule has 0 aliphatic heterocycles. The zero-order valence-corrected chi connectivity index (χ0v) is 9.45. The Balaban J connectivity index is 2.07. The lowest BCUT2D eigenvalue weighted by Crippen LogP contribution is -2.06. The van der Waals surface area contributed by atoms with Gasteiger partial charge in [0, 0.05) is 24.5 Å². The Morgan fingerprint density at radius 2 is 1.94 bits per heavy atom. The molecule has 5 heteroatoms. The number of aromatic nitrogens is 2. The molecule has 0 aliphatic rings. The number of imidazole rings is 1. The average molecular weight is 237 g/mol. The molecule has 1 aromatic heterocycles. The summed E-state index contributed by atoms with van der Waals surface area (Å²) in [5, 5.41) is 2.96. The van der Waals surface area contributed by atoms with Gasteiger partial charge in [0.25, 0.3) is 0 Å². The molecule has 0 bridgehead atoms. The van der Waals surface area contributed by atoms with Gasteiger partial charge in [-0.2, -0.15) is 0 Å². The Morgan fingerprint density at radius 3 is 2.59 bits per heavy atom. The first-order valence-corrected chi connectivity index (χ1v) is 5.38. The second-order valence-corrected chi connectivity index (χ2v) is 3.68. The van der Waals surface area contributed by atoms with Crippen LogP contribution in [0.4, 0.5) is 14.5 Å². The molecule has 2 aromatic rings. The van der Waals surface area contributed by atoms with Crippen molar-refractivity contribution in [3.05, 3.63) is 48.1 Å². The van der Waals surface area contributed by atoms with E-state index in [0.29, 0.717) is 12.2 Å². The van der Waals surface area contributed by atoms with Gasteiger partial charge in [-0.1, -0.05) is 0 Å². The van der Waals surface area contributed by atoms with Crippen molar-refractivity contribution in [2.24, 2.45) is 0 Å². The Kier molecular flexibility index (Phi) is 3.37. The summed E-state index contributed by atoms with van der Waals surface area (Å²) in [6.45, 7) is 3.30. The average Bonchev–Trinajstić information content (AvgIpc) is 2.72. The van der Waals surface area contributed by atoms with Crippen molar-refractivity contribution in [3.63, 3.8) is 0 Å². The molecule has 1 aromatic carbocycles. The maximum atomic E-state index is 12.9. The minimum absolute atomic E-state index is 0.423. The number of hydrogen-bond donors (Lipinski definition) is 1. The van der Waals surface area contributed by atoms with E-state index in [1.807, 2.05) is 11.5 Å². The van der Waals surface area contributed by atoms with Gasteiger partial charge >= 0.3 is 0 Å². The molecule has 0 aliphatic carbocycles. The van der Waals surface area contributed by atoms with Crippen molar-refractivity contribution in [1.82, 2.24) is 9.55 Å². The number of aryl methyl sites for hydroxylation is 1. The third-order valence-corrected chi connectivity index (χ3v) is 2.48. The molecule has 17 heavy (non-hydrogen) atoms. The first kappa shape index (κ1) is 11.6. The lowest BCUT2D eigenvalue weighted by Gasteiger charge is -2.08. The lowest BCUT2D eigenvalue weighted by molar-refractivity contribution is 0.584. The topological polar surface area (TPSA) is 29.9 Å². The molecule has 0 unspecified atom stereocenters. The predicted octanol–water partition coefficient (Wildman–Crippen LogP) is 2.79. The molecule has 0 radical (unpaired) electrons. The summed E-state index contributed by atoms with van der Waals surface area (Å²) in [6.07, 6.45) is 3.45. The predicted molar refractivity (Wildman–Crippen MR) is 61.6 cm³/mol. The van der Waals surface area contributed by atoms with Gasteiger partial charge in [-0.15, -0.1) is 0 Å². The molecule has 90 valence electrons. The van der Waals surface area contributed by atoms with Gasteiger partial charge in [-0.25, -0.2) is 13.8 Å². The maximum Gasteiger partial charge on any atom is 0.128 e. The van der Waals surface area contributed by atoms with Crippen LogP contribution in [-0.4, -0.2) is 9.55 Å². The number of hydrogen-bond acceptors (Lipinski definition) is 2. The number of anilines is 1. The van der Waals surface area contributed by atoms with E-state index in [0.717, 1.165) is 18.3 Å². The highest BCUT2D eigenvalue weighted by Crippen LogP contribution is 2.14. The molecule has 0 atom stereocenters. The van der Waals surface area contributed by atoms with Crippen LogP contribution in [0.3, 0.4) is 0 Å². The van der Waals surface area contributed by atoms with Gasteiger partial charge in [-0.3, -0.25) is 0 Å². The van der Waals surface area contributed by atoms with E-state index in [4.69, 9.17) is 0 Å². The van der Waals surface area contributed by atoms with E-state index >= 15 is 0 Å². The first-order valence-electron chi connectivity index (χ1n) is 5.38. The minimum Gasteiger partial charge on any atom is -0.379 e. The van der Waals surface area contributed by atoms with E-state index in [1.165, 1.54) is 12.1 Å². The Labute approximate surface area is 98.1 Å². The normalized spacial score (nSPS) is 10.5. The van der Waals surface area contributed by atoms with Crippen LogP contribution in [0.1, 0.15) is 12.6 Å². The fraction of sp³-hybridized carbons (Fsp3) is 0.250. The highest BCUT2D eigenvalue weighted by molar-refractivity contribution is 5.43. The molecule has 0 fully saturated rings. The van der Waals surface area contributed by atoms with Crippen molar-refractivity contribution in [2.75, 3.05) is 5.32 Å². The number of halogens is 2. The van der Waals surface area contributed by atoms with Gasteiger partial charge < -0.3 is 9.88 Å². The molecule has 1 heterocycles. The summed E-state index contributed by atoms with van der Waals surface area (Å²) in [7, 11) is 0. The van der Waals surface area contributed by atoms with Crippen LogP contribution in [-0.2, 0) is 13.1 Å². The Morgan fingerprint density at radius 1 is 1.24 bits per heavy atom. The largest absolute Gasteiger partial charge is 0.379 e. The van der Waals surface area contributed by atoms with E-state index < -0.39 is 11.6 Å². The monoisotopic (exact) mass is 237 g/mol. The highest BCUT2D eigenvalue weighted by Gasteiger charge is 2.02. The second-order valence-electron chi connectivity index (χ2n) is 3.68. The summed E-state index contributed by atoms with van der Waals surface area (Å²) in [5.41, 5.74) is 1.39. The Bertz CT molecular complexity index is 488. The summed E-state index contributed by atoms with van der Waals surface area (Å²) < 4.78 is 27.8. The summed E-state index contributed by atoms with van der Waals surface area (Å²) in [5.74, 6) is -1.17. The molecule has 0 amide bonds. The molecular weight excluding hydrogens is 224 g/mol. The molecule has 2 rings (SSSR count). The zero-order valence-electron chi connectivity index (χ0n) is 9.45. The fourth-order valence-corrected chi connectivity index (χ4v) is 1.63. The molecular formula is C12H13F2N3. The number of nitrogens with zero attached hydrogens (tertiary/aromatic N) is 2. The molecule has 0 saturated heterocycles. The number of benzene rings is 1. The third kappa shape index (κ3) is 2.81. The highest BCUT2D eigenvalue weighted by atomic mass is 19.1. The van der Waals surface area contributed by atoms with E-state index in [1.54, 1.807) is 12.5 Å². The van der Waals surface area contributed by atoms with Gasteiger partial charge in [0.1, 0.15) is 11.6 Å². The fourth-order valence-electron chi connectivity index (χ4n) is 1.63. The number of rotatable bonds is 4. The van der Waals surface area contributed by atoms with Crippen LogP contribution in [0, 0.1) is 11.6 Å². The second kappa shape index (κ2) is 4.95. The van der Waals surface area contributed by atoms with Crippen LogP contribution in [0.2, 0.25) is 0 Å². The van der Waals surface area contributed by atoms with Gasteiger partial charge in [0.2, 0.25) is 0 Å². The molecule has 0 spiro atoms. The van der Waals surface area contributed by atoms with Gasteiger partial charge in [-0.05, 0) is 19.1 Å². The Hall–Kier alpha value is -1.91. The standard InChI is InChI=1S/C12H13F2N3/c1-2-17-8-15-6-12(17)7-16-11-4-9(13)3-10(14)5-11/h3-6,8,16H,2,7H2,1H3. The maximum absolute atomic E-state index is 12.9. The molecule has 1 N–H and O–H groups in total. The zero-order chi connectivity index (χ0) is 12.3.